The van der Waals surface area contributed by atoms with Crippen LogP contribution >= 0.6 is 0 Å². The highest BCUT2D eigenvalue weighted by Crippen LogP contribution is 2.37. The van der Waals surface area contributed by atoms with Crippen LogP contribution in [-0.4, -0.2) is 9.78 Å². The first-order chi connectivity index (χ1) is 5.75. The summed E-state index contributed by atoms with van der Waals surface area (Å²) in [7, 11) is 0. The lowest BCUT2D eigenvalue weighted by atomic mass is 10.1. The molecule has 1 heterocycles. The van der Waals surface area contributed by atoms with Gasteiger partial charge in [0.15, 0.2) is 0 Å². The number of nitrogens with zero attached hydrogens (tertiary/aromatic N) is 2. The molecule has 0 spiro atoms. The molecule has 66 valence electrons. The lowest BCUT2D eigenvalue weighted by Gasteiger charge is -2.08. The normalized spacial score (nSPS) is 19.4. The third-order valence-electron chi connectivity index (χ3n) is 2.56. The molecule has 0 aliphatic heterocycles. The van der Waals surface area contributed by atoms with Crippen LogP contribution in [0.5, 0.6) is 0 Å². The molecule has 12 heavy (non-hydrogen) atoms. The highest BCUT2D eigenvalue weighted by atomic mass is 15.3. The average Bonchev–Trinajstić information content (AvgIpc) is 2.78. The molecule has 2 N–H and O–H groups in total. The average molecular weight is 165 g/mol. The Morgan fingerprint density at radius 2 is 2.50 bits per heavy atom. The van der Waals surface area contributed by atoms with E-state index in [0.29, 0.717) is 0 Å². The van der Waals surface area contributed by atoms with Gasteiger partial charge >= 0.3 is 0 Å². The predicted octanol–water partition coefficient (Wildman–Crippen LogP) is 1.51. The van der Waals surface area contributed by atoms with E-state index in [4.69, 9.17) is 5.73 Å². The standard InChI is InChI=1S/C9H15N3/c1-7(8-2-3-8)5-12-6-9(10)4-11-12/h4,6-8H,2-3,5,10H2,1H3. The van der Waals surface area contributed by atoms with Gasteiger partial charge in [0, 0.05) is 12.7 Å². The molecule has 1 unspecified atom stereocenters. The summed E-state index contributed by atoms with van der Waals surface area (Å²) in [6.45, 7) is 3.30. The Bertz CT molecular complexity index is 262. The first kappa shape index (κ1) is 7.65. The first-order valence-electron chi connectivity index (χ1n) is 4.53. The van der Waals surface area contributed by atoms with Crippen molar-refractivity contribution >= 4 is 5.69 Å². The third-order valence-corrected chi connectivity index (χ3v) is 2.56. The van der Waals surface area contributed by atoms with Crippen LogP contribution in [0.1, 0.15) is 19.8 Å². The monoisotopic (exact) mass is 165 g/mol. The highest BCUT2D eigenvalue weighted by molar-refractivity contribution is 5.30. The molecule has 3 heteroatoms. The fourth-order valence-electron chi connectivity index (χ4n) is 1.59. The summed E-state index contributed by atoms with van der Waals surface area (Å²) in [5.74, 6) is 1.69. The molecule has 0 saturated heterocycles. The van der Waals surface area contributed by atoms with Gasteiger partial charge in [-0.25, -0.2) is 0 Å². The maximum atomic E-state index is 5.56. The number of hydrogen-bond donors (Lipinski definition) is 1. The van der Waals surface area contributed by atoms with Crippen LogP contribution in [0.25, 0.3) is 0 Å². The van der Waals surface area contributed by atoms with Crippen LogP contribution in [0.15, 0.2) is 12.4 Å². The molecule has 1 aromatic heterocycles. The summed E-state index contributed by atoms with van der Waals surface area (Å²) >= 11 is 0. The van der Waals surface area contributed by atoms with Crippen molar-refractivity contribution in [1.82, 2.24) is 9.78 Å². The van der Waals surface area contributed by atoms with E-state index in [9.17, 15) is 0 Å². The van der Waals surface area contributed by atoms with E-state index in [-0.39, 0.29) is 0 Å². The molecule has 1 aromatic rings. The van der Waals surface area contributed by atoms with Gasteiger partial charge in [-0.3, -0.25) is 4.68 Å². The molecule has 1 saturated carbocycles. The minimum absolute atomic E-state index is 0.754. The molecule has 0 amide bonds. The summed E-state index contributed by atoms with van der Waals surface area (Å²) in [6.07, 6.45) is 6.41. The molecule has 1 fully saturated rings. The van der Waals surface area contributed by atoms with Crippen molar-refractivity contribution in [1.29, 1.82) is 0 Å². The Balaban J connectivity index is 1.93. The smallest absolute Gasteiger partial charge is 0.0719 e. The van der Waals surface area contributed by atoms with Gasteiger partial charge in [0.1, 0.15) is 0 Å². The maximum absolute atomic E-state index is 5.56. The Morgan fingerprint density at radius 3 is 3.00 bits per heavy atom. The van der Waals surface area contributed by atoms with Gasteiger partial charge in [-0.15, -0.1) is 0 Å². The van der Waals surface area contributed by atoms with Crippen LogP contribution in [0, 0.1) is 11.8 Å². The molecule has 1 aliphatic rings. The van der Waals surface area contributed by atoms with Crippen molar-refractivity contribution in [2.75, 3.05) is 5.73 Å². The summed E-state index contributed by atoms with van der Waals surface area (Å²) < 4.78 is 1.94. The number of hydrogen-bond acceptors (Lipinski definition) is 2. The van der Waals surface area contributed by atoms with Crippen LogP contribution in [0.4, 0.5) is 5.69 Å². The van der Waals surface area contributed by atoms with E-state index in [0.717, 1.165) is 24.1 Å². The van der Waals surface area contributed by atoms with Crippen LogP contribution in [0.2, 0.25) is 0 Å². The van der Waals surface area contributed by atoms with Crippen molar-refractivity contribution in [3.05, 3.63) is 12.4 Å². The van der Waals surface area contributed by atoms with Gasteiger partial charge in [-0.1, -0.05) is 6.92 Å². The Kier molecular flexibility index (Phi) is 1.79. The summed E-state index contributed by atoms with van der Waals surface area (Å²) in [5.41, 5.74) is 6.32. The number of nitrogens with two attached hydrogens (primary N) is 1. The number of aromatic nitrogens is 2. The lowest BCUT2D eigenvalue weighted by molar-refractivity contribution is 0.406. The molecule has 2 rings (SSSR count). The van der Waals surface area contributed by atoms with Crippen LogP contribution in [-0.2, 0) is 6.54 Å². The highest BCUT2D eigenvalue weighted by Gasteiger charge is 2.27. The van der Waals surface area contributed by atoms with Crippen molar-refractivity contribution < 1.29 is 0 Å². The third kappa shape index (κ3) is 1.60. The van der Waals surface area contributed by atoms with Gasteiger partial charge in [0.25, 0.3) is 0 Å². The van der Waals surface area contributed by atoms with Crippen molar-refractivity contribution in [3.63, 3.8) is 0 Å². The van der Waals surface area contributed by atoms with Crippen molar-refractivity contribution in [3.8, 4) is 0 Å². The van der Waals surface area contributed by atoms with Gasteiger partial charge in [0.2, 0.25) is 0 Å². The zero-order valence-electron chi connectivity index (χ0n) is 7.40. The first-order valence-corrected chi connectivity index (χ1v) is 4.53. The molecule has 0 radical (unpaired) electrons. The Labute approximate surface area is 72.6 Å². The van der Waals surface area contributed by atoms with Gasteiger partial charge < -0.3 is 5.73 Å². The largest absolute Gasteiger partial charge is 0.396 e. The van der Waals surface area contributed by atoms with Crippen LogP contribution < -0.4 is 5.73 Å². The minimum atomic E-state index is 0.754. The Hall–Kier alpha value is -0.990. The second-order valence-corrected chi connectivity index (χ2v) is 3.81. The summed E-state index contributed by atoms with van der Waals surface area (Å²) in [6, 6.07) is 0. The number of nitrogen functional groups attached to an aromatic ring is 1. The second kappa shape index (κ2) is 2.81. The molecule has 0 aromatic carbocycles. The van der Waals surface area contributed by atoms with Gasteiger partial charge in [-0.05, 0) is 24.7 Å². The minimum Gasteiger partial charge on any atom is -0.396 e. The van der Waals surface area contributed by atoms with E-state index < -0.39 is 0 Å². The predicted molar refractivity (Wildman–Crippen MR) is 48.5 cm³/mol. The maximum Gasteiger partial charge on any atom is 0.0719 e. The Morgan fingerprint density at radius 1 is 1.75 bits per heavy atom. The lowest BCUT2D eigenvalue weighted by Crippen LogP contribution is -2.09. The fraction of sp³-hybridized carbons (Fsp3) is 0.667. The van der Waals surface area contributed by atoms with E-state index >= 15 is 0 Å². The molecule has 1 aliphatic carbocycles. The SMILES string of the molecule is CC(Cn1cc(N)cn1)C1CC1. The van der Waals surface area contributed by atoms with E-state index in [1.807, 2.05) is 10.9 Å². The second-order valence-electron chi connectivity index (χ2n) is 3.81. The molecule has 0 bridgehead atoms. The van der Waals surface area contributed by atoms with Gasteiger partial charge in [-0.2, -0.15) is 5.10 Å². The topological polar surface area (TPSA) is 43.8 Å². The molecule has 3 nitrogen and oxygen atoms in total. The van der Waals surface area contributed by atoms with Crippen molar-refractivity contribution in [2.24, 2.45) is 11.8 Å². The zero-order valence-corrected chi connectivity index (χ0v) is 7.40. The van der Waals surface area contributed by atoms with E-state index in [1.54, 1.807) is 6.20 Å². The van der Waals surface area contributed by atoms with E-state index in [1.165, 1.54) is 12.8 Å². The van der Waals surface area contributed by atoms with E-state index in [2.05, 4.69) is 12.0 Å². The molecule has 1 atom stereocenters. The number of rotatable bonds is 3. The zero-order chi connectivity index (χ0) is 8.55. The fourth-order valence-corrected chi connectivity index (χ4v) is 1.59. The van der Waals surface area contributed by atoms with Crippen LogP contribution in [0.3, 0.4) is 0 Å². The number of anilines is 1. The van der Waals surface area contributed by atoms with Gasteiger partial charge in [0.05, 0.1) is 11.9 Å². The molecular formula is C9H15N3. The molecular weight excluding hydrogens is 150 g/mol. The van der Waals surface area contributed by atoms with Crippen molar-refractivity contribution in [2.45, 2.75) is 26.3 Å². The quantitative estimate of drug-likeness (QED) is 0.737. The summed E-state index contributed by atoms with van der Waals surface area (Å²) in [5, 5.41) is 4.16. The summed E-state index contributed by atoms with van der Waals surface area (Å²) in [4.78, 5) is 0.